The summed E-state index contributed by atoms with van der Waals surface area (Å²) in [5.41, 5.74) is 0.812. The van der Waals surface area contributed by atoms with Gasteiger partial charge in [0.05, 0.1) is 70.4 Å². The highest BCUT2D eigenvalue weighted by Gasteiger charge is 2.45. The third kappa shape index (κ3) is 23.0. The summed E-state index contributed by atoms with van der Waals surface area (Å²) in [5.74, 6) is 0. The molecule has 30 nitrogen and oxygen atoms in total. The van der Waals surface area contributed by atoms with Gasteiger partial charge in [-0.25, -0.2) is 5.26 Å². The van der Waals surface area contributed by atoms with Crippen molar-refractivity contribution in [2.45, 2.75) is 34.6 Å². The number of anilines is 2. The van der Waals surface area contributed by atoms with E-state index in [1.807, 2.05) is 0 Å². The van der Waals surface area contributed by atoms with Crippen molar-refractivity contribution in [2.75, 3.05) is 165 Å². The van der Waals surface area contributed by atoms with Crippen molar-refractivity contribution in [1.82, 2.24) is 10.6 Å². The minimum Gasteiger partial charge on any atom is -0.389 e. The van der Waals surface area contributed by atoms with Crippen LogP contribution < -0.4 is 21.3 Å². The fourth-order valence-corrected chi connectivity index (χ4v) is 13.8. The molecule has 3 aliphatic rings. The Morgan fingerprint density at radius 3 is 1.44 bits per heavy atom. The van der Waals surface area contributed by atoms with Gasteiger partial charge in [0.25, 0.3) is 10.1 Å². The van der Waals surface area contributed by atoms with Gasteiger partial charge in [0.2, 0.25) is 0 Å². The number of aliphatic hydroxyl groups is 4. The number of benzene rings is 2. The van der Waals surface area contributed by atoms with Crippen LogP contribution in [0.4, 0.5) is 11.4 Å². The molecule has 0 aromatic heterocycles. The molecule has 0 spiro atoms. The maximum absolute atomic E-state index is 12.8. The van der Waals surface area contributed by atoms with E-state index >= 15 is 0 Å². The Hall–Kier alpha value is -1.83. The smallest absolute Gasteiger partial charge is 0.389 e. The summed E-state index contributed by atoms with van der Waals surface area (Å²) < 4.78 is 132. The second kappa shape index (κ2) is 35.0. The molecule has 10 N–H and O–H groups in total. The molecule has 36 heteroatoms. The van der Waals surface area contributed by atoms with Gasteiger partial charge in [-0.05, 0) is 29.8 Å². The third-order valence-electron chi connectivity index (χ3n) is 10.7. The van der Waals surface area contributed by atoms with E-state index in [2.05, 4.69) is 26.3 Å². The van der Waals surface area contributed by atoms with Crippen LogP contribution in [0.3, 0.4) is 0 Å². The van der Waals surface area contributed by atoms with Crippen LogP contribution in [0.1, 0.15) is 0 Å². The first-order valence-corrected chi connectivity index (χ1v) is 32.7. The number of hydrogen-bond donors (Lipinski definition) is 10. The molecule has 4 unspecified atom stereocenters. The third-order valence-corrected chi connectivity index (χ3v) is 21.9. The first-order chi connectivity index (χ1) is 35.9. The van der Waals surface area contributed by atoms with Crippen LogP contribution in [-0.4, -0.2) is 253 Å². The van der Waals surface area contributed by atoms with Crippen molar-refractivity contribution < 1.29 is 120 Å². The first kappa shape index (κ1) is 67.4. The van der Waals surface area contributed by atoms with Crippen molar-refractivity contribution in [3.63, 3.8) is 0 Å². The normalized spacial score (nSPS) is 24.4. The summed E-state index contributed by atoms with van der Waals surface area (Å²) >= 11 is 0.508. The van der Waals surface area contributed by atoms with E-state index in [9.17, 15) is 33.4 Å². The quantitative estimate of drug-likeness (QED) is 0.0383. The van der Waals surface area contributed by atoms with E-state index < -0.39 is 75.0 Å². The fourth-order valence-electron chi connectivity index (χ4n) is 6.51. The Morgan fingerprint density at radius 2 is 0.973 bits per heavy atom. The van der Waals surface area contributed by atoms with Gasteiger partial charge in [-0.1, -0.05) is 17.2 Å². The lowest BCUT2D eigenvalue weighted by Gasteiger charge is -2.29. The van der Waals surface area contributed by atoms with Crippen molar-refractivity contribution in [1.29, 1.82) is 0 Å². The van der Waals surface area contributed by atoms with E-state index in [-0.39, 0.29) is 119 Å². The molecule has 0 saturated carbocycles. The number of ether oxygens (including phenoxy) is 4. The van der Waals surface area contributed by atoms with Crippen LogP contribution >= 0.6 is 12.0 Å². The molecule has 0 aliphatic carbocycles. The molecule has 2 aromatic rings. The molecule has 2 aromatic carbocycles. The van der Waals surface area contributed by atoms with Gasteiger partial charge < -0.3 is 108 Å². The lowest BCUT2D eigenvalue weighted by atomic mass is 10.0. The summed E-state index contributed by atoms with van der Waals surface area (Å²) in [6.45, 7) is -0.649. The fraction of sp³-hybridized carbons (Fsp3) is 0.692. The Morgan fingerprint density at radius 1 is 0.560 bits per heavy atom. The minimum atomic E-state index is -4.88. The maximum Gasteiger partial charge on any atom is 0.527 e. The second-order valence-corrected chi connectivity index (χ2v) is 28.8. The lowest BCUT2D eigenvalue weighted by Crippen LogP contribution is -2.53. The molecule has 0 saturated heterocycles. The predicted octanol–water partition coefficient (Wildman–Crippen LogP) is -1.42. The number of nitrogens with one attached hydrogen (secondary N) is 4. The zero-order valence-corrected chi connectivity index (χ0v) is 48.7. The van der Waals surface area contributed by atoms with Gasteiger partial charge in [0.1, 0.15) is 29.8 Å². The molecule has 0 fully saturated rings. The summed E-state index contributed by atoms with van der Waals surface area (Å²) in [6.07, 6.45) is -5.66. The topological polar surface area (TPSA) is 370 Å². The Bertz CT molecular complexity index is 2010. The first-order valence-electron chi connectivity index (χ1n) is 22.8. The highest BCUT2D eigenvalue weighted by Crippen LogP contribution is 2.38. The Balaban J connectivity index is 1.82. The highest BCUT2D eigenvalue weighted by atomic mass is 32.2. The molecular formula is C39H74N4O26S2Si4. The molecule has 4 atom stereocenters. The van der Waals surface area contributed by atoms with Gasteiger partial charge in [0, 0.05) is 105 Å². The van der Waals surface area contributed by atoms with Crippen LogP contribution in [0.2, 0.25) is 0 Å². The molecule has 434 valence electrons. The van der Waals surface area contributed by atoms with Gasteiger partial charge in [-0.3, -0.25) is 9.87 Å². The van der Waals surface area contributed by atoms with E-state index in [0.29, 0.717) is 17.7 Å². The summed E-state index contributed by atoms with van der Waals surface area (Å²) in [7, 11) is -7.81. The summed E-state index contributed by atoms with van der Waals surface area (Å²) in [5, 5.41) is 67.3. The molecule has 5 rings (SSSR count). The molecular weight excluding hydrogens is 1120 g/mol. The standard InChI is InChI=1S/C39H74N4O26S2Si4/c1-52-72(53-2)26-60-23-32(44)19-40-25-41-21-38(46)62-28-74(56-5,57-6)66-15-16-67-75(58-7,59-8)29-63-39(47)22-43-30-9-11-34(36(17-30)70-69-68-48)35-12-10-31(18-37(35)71(49,50)51)42-20-33(45)24-61-27-73(54-3,55-4)65-14-13-64-72/h9-12,17-18,32-33,38-48H,13-16,19-29H2,1-8H3,(H,49,50,51). The average molecular weight is 1190 g/mol. The van der Waals surface area contributed by atoms with Gasteiger partial charge in [0.15, 0.2) is 12.6 Å². The molecule has 0 amide bonds. The minimum absolute atomic E-state index is 0.0163. The second-order valence-electron chi connectivity index (χ2n) is 15.6. The monoisotopic (exact) mass is 1190 g/mol. The number of hydrogen-bond acceptors (Lipinski definition) is 30. The van der Waals surface area contributed by atoms with Crippen molar-refractivity contribution in [3.05, 3.63) is 36.4 Å². The number of aliphatic hydroxyl groups excluding tert-OH is 4. The van der Waals surface area contributed by atoms with Gasteiger partial charge >= 0.3 is 35.2 Å². The van der Waals surface area contributed by atoms with Crippen molar-refractivity contribution in [3.8, 4) is 11.1 Å². The summed E-state index contributed by atoms with van der Waals surface area (Å²) in [6, 6.07) is 8.60. The number of rotatable bonds is 12. The van der Waals surface area contributed by atoms with Crippen LogP contribution in [0, 0.1) is 0 Å². The SMILES string of the molecule is CO[Si]1(OC)COCC(O)CNCNCC(O)OC[Si](OC)(OC)OCCO[Si](OC)(OC)COC(O)CNc2ccc(c(SOOO)c2)-c2ccc(cc2S(=O)(=O)O)NCC(O)COC[Si](OC)(OC)OCCO1. The van der Waals surface area contributed by atoms with Crippen molar-refractivity contribution >= 4 is 68.8 Å². The molecule has 3 aliphatic heterocycles. The largest absolute Gasteiger partial charge is 0.527 e. The molecule has 75 heavy (non-hydrogen) atoms. The highest BCUT2D eigenvalue weighted by molar-refractivity contribution is 7.94. The molecule has 4 bridgehead atoms. The predicted molar refractivity (Wildman–Crippen MR) is 271 cm³/mol. The van der Waals surface area contributed by atoms with Crippen LogP contribution in [-0.2, 0) is 91.5 Å². The van der Waals surface area contributed by atoms with Gasteiger partial charge in [-0.2, -0.15) is 8.42 Å². The van der Waals surface area contributed by atoms with E-state index in [4.69, 9.17) is 81.7 Å². The van der Waals surface area contributed by atoms with E-state index in [1.54, 1.807) is 6.07 Å². The Kier molecular flexibility index (Phi) is 31.5. The van der Waals surface area contributed by atoms with Crippen molar-refractivity contribution in [2.24, 2.45) is 0 Å². The van der Waals surface area contributed by atoms with E-state index in [0.717, 1.165) is 6.07 Å². The average Bonchev–Trinajstić information content (AvgIpc) is 3.41. The number of fused-ring (bicyclic) bond motifs is 2. The Labute approximate surface area is 444 Å². The van der Waals surface area contributed by atoms with Crippen LogP contribution in [0.15, 0.2) is 46.2 Å². The zero-order chi connectivity index (χ0) is 55.4. The molecule has 3 heterocycles. The molecule has 0 radical (unpaired) electrons. The zero-order valence-electron chi connectivity index (χ0n) is 43.0. The van der Waals surface area contributed by atoms with E-state index in [1.165, 1.54) is 81.1 Å². The van der Waals surface area contributed by atoms with Crippen LogP contribution in [0.5, 0.6) is 0 Å². The summed E-state index contributed by atoms with van der Waals surface area (Å²) in [4.78, 5) is -0.328. The van der Waals surface area contributed by atoms with Crippen LogP contribution in [0.25, 0.3) is 11.1 Å². The maximum atomic E-state index is 12.8. The van der Waals surface area contributed by atoms with Gasteiger partial charge in [-0.15, -0.1) is 4.33 Å². The lowest BCUT2D eigenvalue weighted by molar-refractivity contribution is -0.432.